The van der Waals surface area contributed by atoms with Gasteiger partial charge < -0.3 is 10.3 Å². The molecule has 2 N–H and O–H groups in total. The predicted octanol–water partition coefficient (Wildman–Crippen LogP) is 2.24. The highest BCUT2D eigenvalue weighted by Crippen LogP contribution is 2.23. The van der Waals surface area contributed by atoms with Crippen LogP contribution >= 0.6 is 11.6 Å². The topological polar surface area (TPSA) is 52.8 Å². The van der Waals surface area contributed by atoms with Gasteiger partial charge >= 0.3 is 0 Å². The summed E-state index contributed by atoms with van der Waals surface area (Å²) in [7, 11) is 0. The average Bonchev–Trinajstić information content (AvgIpc) is 2.08. The predicted molar refractivity (Wildman–Crippen MR) is 47.1 cm³/mol. The Balaban J connectivity index is 3.13. The normalized spacial score (nSPS) is 11.7. The fourth-order valence-electron chi connectivity index (χ4n) is 0.790. The third-order valence-corrected chi connectivity index (χ3v) is 1.82. The summed E-state index contributed by atoms with van der Waals surface area (Å²) >= 11 is 5.63. The highest BCUT2D eigenvalue weighted by Gasteiger charge is 2.01. The first kappa shape index (κ1) is 8.87. The van der Waals surface area contributed by atoms with Crippen LogP contribution in [0.25, 0.3) is 0 Å². The van der Waals surface area contributed by atoms with E-state index in [0.29, 0.717) is 11.3 Å². The SMILES string of the molecule is C/C(=N/O)c1ccc(O)c(Cl)c1. The van der Waals surface area contributed by atoms with Gasteiger partial charge in [0.25, 0.3) is 0 Å². The van der Waals surface area contributed by atoms with Gasteiger partial charge in [0.2, 0.25) is 0 Å². The van der Waals surface area contributed by atoms with Crippen molar-refractivity contribution in [3.05, 3.63) is 28.8 Å². The fraction of sp³-hybridized carbons (Fsp3) is 0.125. The van der Waals surface area contributed by atoms with Crippen LogP contribution < -0.4 is 0 Å². The number of benzene rings is 1. The molecule has 0 atom stereocenters. The van der Waals surface area contributed by atoms with Crippen molar-refractivity contribution in [3.63, 3.8) is 0 Å². The van der Waals surface area contributed by atoms with E-state index in [1.54, 1.807) is 13.0 Å². The number of halogens is 1. The molecule has 0 aliphatic heterocycles. The van der Waals surface area contributed by atoms with Gasteiger partial charge in [0, 0.05) is 5.56 Å². The molecule has 1 rings (SSSR count). The monoisotopic (exact) mass is 185 g/mol. The Kier molecular flexibility index (Phi) is 2.55. The molecule has 1 aromatic carbocycles. The van der Waals surface area contributed by atoms with Crippen molar-refractivity contribution in [2.45, 2.75) is 6.92 Å². The molecule has 0 aliphatic rings. The van der Waals surface area contributed by atoms with E-state index in [1.807, 2.05) is 0 Å². The molecule has 0 spiro atoms. The Hall–Kier alpha value is -1.22. The van der Waals surface area contributed by atoms with Gasteiger partial charge in [-0.15, -0.1) is 0 Å². The Labute approximate surface area is 74.9 Å². The lowest BCUT2D eigenvalue weighted by molar-refractivity contribution is 0.319. The number of oxime groups is 1. The lowest BCUT2D eigenvalue weighted by atomic mass is 10.1. The molecular formula is C8H8ClNO2. The molecule has 0 heterocycles. The zero-order valence-corrected chi connectivity index (χ0v) is 7.21. The molecule has 0 amide bonds. The van der Waals surface area contributed by atoms with Crippen LogP contribution in [0.3, 0.4) is 0 Å². The van der Waals surface area contributed by atoms with E-state index in [0.717, 1.165) is 0 Å². The number of hydrogen-bond acceptors (Lipinski definition) is 3. The van der Waals surface area contributed by atoms with Crippen LogP contribution in [0, 0.1) is 0 Å². The number of nitrogens with zero attached hydrogens (tertiary/aromatic N) is 1. The molecule has 0 aromatic heterocycles. The minimum Gasteiger partial charge on any atom is -0.506 e. The van der Waals surface area contributed by atoms with Crippen molar-refractivity contribution < 1.29 is 10.3 Å². The summed E-state index contributed by atoms with van der Waals surface area (Å²) in [5.41, 5.74) is 1.14. The second-order valence-corrected chi connectivity index (χ2v) is 2.76. The number of phenols is 1. The molecule has 1 aromatic rings. The molecular weight excluding hydrogens is 178 g/mol. The van der Waals surface area contributed by atoms with E-state index >= 15 is 0 Å². The molecule has 0 fully saturated rings. The van der Waals surface area contributed by atoms with Gasteiger partial charge in [-0.3, -0.25) is 0 Å². The number of aromatic hydroxyl groups is 1. The summed E-state index contributed by atoms with van der Waals surface area (Å²) in [5, 5.41) is 20.7. The highest BCUT2D eigenvalue weighted by atomic mass is 35.5. The largest absolute Gasteiger partial charge is 0.506 e. The Bertz CT molecular complexity index is 323. The summed E-state index contributed by atoms with van der Waals surface area (Å²) in [6, 6.07) is 4.61. The average molecular weight is 186 g/mol. The van der Waals surface area contributed by atoms with Gasteiger partial charge in [-0.1, -0.05) is 16.8 Å². The van der Waals surface area contributed by atoms with Crippen molar-refractivity contribution in [2.75, 3.05) is 0 Å². The smallest absolute Gasteiger partial charge is 0.134 e. The van der Waals surface area contributed by atoms with Crippen LogP contribution in [-0.4, -0.2) is 16.0 Å². The van der Waals surface area contributed by atoms with Gasteiger partial charge in [-0.05, 0) is 25.1 Å². The molecule has 12 heavy (non-hydrogen) atoms. The molecule has 0 unspecified atom stereocenters. The van der Waals surface area contributed by atoms with Crippen molar-refractivity contribution in [3.8, 4) is 5.75 Å². The van der Waals surface area contributed by atoms with Gasteiger partial charge in [0.1, 0.15) is 5.75 Å². The van der Waals surface area contributed by atoms with Crippen molar-refractivity contribution in [1.29, 1.82) is 0 Å². The highest BCUT2D eigenvalue weighted by molar-refractivity contribution is 6.32. The summed E-state index contributed by atoms with van der Waals surface area (Å²) in [5.74, 6) is 0.0196. The summed E-state index contributed by atoms with van der Waals surface area (Å²) in [4.78, 5) is 0. The minimum atomic E-state index is 0.0196. The Morgan fingerprint density at radius 3 is 2.67 bits per heavy atom. The van der Waals surface area contributed by atoms with E-state index < -0.39 is 0 Å². The lowest BCUT2D eigenvalue weighted by Crippen LogP contribution is -1.93. The molecule has 4 heteroatoms. The quantitative estimate of drug-likeness (QED) is 0.401. The number of phenolic OH excluding ortho intramolecular Hbond substituents is 1. The van der Waals surface area contributed by atoms with Gasteiger partial charge in [-0.25, -0.2) is 0 Å². The van der Waals surface area contributed by atoms with Crippen molar-refractivity contribution in [2.24, 2.45) is 5.16 Å². The third kappa shape index (κ3) is 1.68. The standard InChI is InChI=1S/C8H8ClNO2/c1-5(10-12)6-2-3-8(11)7(9)4-6/h2-4,11-12H,1H3/b10-5-. The first-order chi connectivity index (χ1) is 5.65. The zero-order valence-electron chi connectivity index (χ0n) is 6.45. The van der Waals surface area contributed by atoms with E-state index in [1.165, 1.54) is 12.1 Å². The van der Waals surface area contributed by atoms with Crippen LogP contribution in [0.2, 0.25) is 5.02 Å². The van der Waals surface area contributed by atoms with Gasteiger partial charge in [-0.2, -0.15) is 0 Å². The van der Waals surface area contributed by atoms with Crippen LogP contribution in [0.5, 0.6) is 5.75 Å². The van der Waals surface area contributed by atoms with E-state index in [2.05, 4.69) is 5.16 Å². The summed E-state index contributed by atoms with van der Waals surface area (Å²) < 4.78 is 0. The van der Waals surface area contributed by atoms with Gasteiger partial charge in [0.15, 0.2) is 0 Å². The number of rotatable bonds is 1. The lowest BCUT2D eigenvalue weighted by Gasteiger charge is -2.00. The van der Waals surface area contributed by atoms with Gasteiger partial charge in [0.05, 0.1) is 10.7 Å². The van der Waals surface area contributed by atoms with Crippen molar-refractivity contribution >= 4 is 17.3 Å². The van der Waals surface area contributed by atoms with Crippen LogP contribution in [0.4, 0.5) is 0 Å². The maximum Gasteiger partial charge on any atom is 0.134 e. The maximum absolute atomic E-state index is 9.06. The molecule has 64 valence electrons. The summed E-state index contributed by atoms with van der Waals surface area (Å²) in [6.07, 6.45) is 0. The first-order valence-electron chi connectivity index (χ1n) is 3.32. The zero-order chi connectivity index (χ0) is 9.14. The Morgan fingerprint density at radius 1 is 1.50 bits per heavy atom. The van der Waals surface area contributed by atoms with E-state index in [-0.39, 0.29) is 10.8 Å². The van der Waals surface area contributed by atoms with Crippen molar-refractivity contribution in [1.82, 2.24) is 0 Å². The van der Waals surface area contributed by atoms with Crippen LogP contribution in [-0.2, 0) is 0 Å². The first-order valence-corrected chi connectivity index (χ1v) is 3.70. The van der Waals surface area contributed by atoms with E-state index in [9.17, 15) is 0 Å². The maximum atomic E-state index is 9.06. The molecule has 0 radical (unpaired) electrons. The van der Waals surface area contributed by atoms with E-state index in [4.69, 9.17) is 21.9 Å². The molecule has 3 nitrogen and oxygen atoms in total. The molecule has 0 aliphatic carbocycles. The second-order valence-electron chi connectivity index (χ2n) is 2.35. The summed E-state index contributed by atoms with van der Waals surface area (Å²) in [6.45, 7) is 1.64. The third-order valence-electron chi connectivity index (χ3n) is 1.52. The van der Waals surface area contributed by atoms with Crippen LogP contribution in [0.15, 0.2) is 23.4 Å². The fourth-order valence-corrected chi connectivity index (χ4v) is 0.970. The minimum absolute atomic E-state index is 0.0196. The Morgan fingerprint density at radius 2 is 2.17 bits per heavy atom. The second kappa shape index (κ2) is 3.45. The molecule has 0 bridgehead atoms. The molecule has 0 saturated heterocycles. The molecule has 0 saturated carbocycles. The van der Waals surface area contributed by atoms with Crippen LogP contribution in [0.1, 0.15) is 12.5 Å². The number of hydrogen-bond donors (Lipinski definition) is 2.